The molecule has 5 heteroatoms. The van der Waals surface area contributed by atoms with Crippen LogP contribution in [0.4, 0.5) is 5.69 Å². The van der Waals surface area contributed by atoms with E-state index in [1.54, 1.807) is 12.1 Å². The number of anilines is 1. The Labute approximate surface area is 128 Å². The van der Waals surface area contributed by atoms with Crippen molar-refractivity contribution in [1.29, 1.82) is 0 Å². The molecule has 21 heavy (non-hydrogen) atoms. The van der Waals surface area contributed by atoms with Gasteiger partial charge in [-0.05, 0) is 56.4 Å². The van der Waals surface area contributed by atoms with E-state index in [-0.39, 0.29) is 6.04 Å². The fourth-order valence-electron chi connectivity index (χ4n) is 2.89. The van der Waals surface area contributed by atoms with Crippen LogP contribution < -0.4 is 10.0 Å². The summed E-state index contributed by atoms with van der Waals surface area (Å²) >= 11 is 0. The predicted octanol–water partition coefficient (Wildman–Crippen LogP) is 3.37. The van der Waals surface area contributed by atoms with Crippen LogP contribution in [0, 0.1) is 5.92 Å². The van der Waals surface area contributed by atoms with E-state index >= 15 is 0 Å². The average molecular weight is 310 g/mol. The van der Waals surface area contributed by atoms with Crippen molar-refractivity contribution in [2.45, 2.75) is 56.9 Å². The first-order valence-electron chi connectivity index (χ1n) is 7.89. The molecule has 1 aromatic carbocycles. The maximum Gasteiger partial charge on any atom is 0.240 e. The monoisotopic (exact) mass is 310 g/mol. The Balaban J connectivity index is 2.01. The van der Waals surface area contributed by atoms with Crippen LogP contribution in [0.1, 0.15) is 46.0 Å². The third-order valence-corrected chi connectivity index (χ3v) is 5.77. The van der Waals surface area contributed by atoms with E-state index in [1.807, 2.05) is 19.1 Å². The van der Waals surface area contributed by atoms with E-state index in [2.05, 4.69) is 17.0 Å². The van der Waals surface area contributed by atoms with E-state index in [4.69, 9.17) is 0 Å². The minimum absolute atomic E-state index is 0.00962. The second-order valence-electron chi connectivity index (χ2n) is 5.91. The van der Waals surface area contributed by atoms with Gasteiger partial charge in [0.15, 0.2) is 0 Å². The molecule has 1 fully saturated rings. The first-order valence-corrected chi connectivity index (χ1v) is 9.37. The Morgan fingerprint density at radius 3 is 2.38 bits per heavy atom. The van der Waals surface area contributed by atoms with Crippen LogP contribution >= 0.6 is 0 Å². The second-order valence-corrected chi connectivity index (χ2v) is 7.62. The molecule has 0 radical (unpaired) electrons. The molecule has 1 aromatic rings. The summed E-state index contributed by atoms with van der Waals surface area (Å²) in [5.74, 6) is 0.477. The zero-order valence-corrected chi connectivity index (χ0v) is 13.7. The van der Waals surface area contributed by atoms with E-state index in [9.17, 15) is 8.42 Å². The normalized spacial score (nSPS) is 17.8. The Kier molecular flexibility index (Phi) is 5.65. The Morgan fingerprint density at radius 1 is 1.19 bits per heavy atom. The number of sulfonamides is 1. The molecular formula is C16H26N2O2S. The topological polar surface area (TPSA) is 58.2 Å². The fraction of sp³-hybridized carbons (Fsp3) is 0.625. The third-order valence-electron chi connectivity index (χ3n) is 4.19. The molecule has 4 nitrogen and oxygen atoms in total. The van der Waals surface area contributed by atoms with Crippen LogP contribution in [0.3, 0.4) is 0 Å². The molecule has 0 amide bonds. The van der Waals surface area contributed by atoms with Gasteiger partial charge in [0.25, 0.3) is 0 Å². The maximum atomic E-state index is 12.4. The van der Waals surface area contributed by atoms with Gasteiger partial charge in [0.1, 0.15) is 0 Å². The highest BCUT2D eigenvalue weighted by Gasteiger charge is 2.26. The minimum atomic E-state index is -3.41. The van der Waals surface area contributed by atoms with Crippen LogP contribution in [-0.2, 0) is 10.0 Å². The Hall–Kier alpha value is -1.07. The smallest absolute Gasteiger partial charge is 0.240 e. The van der Waals surface area contributed by atoms with Gasteiger partial charge < -0.3 is 5.32 Å². The van der Waals surface area contributed by atoms with E-state index in [1.165, 1.54) is 12.8 Å². The lowest BCUT2D eigenvalue weighted by atomic mass is 10.0. The van der Waals surface area contributed by atoms with E-state index in [0.29, 0.717) is 10.8 Å². The second kappa shape index (κ2) is 7.27. The summed E-state index contributed by atoms with van der Waals surface area (Å²) in [5.41, 5.74) is 0.958. The van der Waals surface area contributed by atoms with Gasteiger partial charge in [0, 0.05) is 18.3 Å². The van der Waals surface area contributed by atoms with Crippen molar-refractivity contribution in [2.24, 2.45) is 5.92 Å². The predicted molar refractivity (Wildman–Crippen MR) is 87.0 cm³/mol. The number of benzene rings is 1. The summed E-state index contributed by atoms with van der Waals surface area (Å²) in [5, 5.41) is 3.24. The summed E-state index contributed by atoms with van der Waals surface area (Å²) < 4.78 is 27.6. The minimum Gasteiger partial charge on any atom is -0.385 e. The van der Waals surface area contributed by atoms with Gasteiger partial charge in [-0.2, -0.15) is 0 Å². The van der Waals surface area contributed by atoms with Crippen molar-refractivity contribution in [2.75, 3.05) is 11.9 Å². The molecule has 1 unspecified atom stereocenters. The summed E-state index contributed by atoms with van der Waals surface area (Å²) in [6.45, 7) is 4.97. The quantitative estimate of drug-likeness (QED) is 0.812. The fourth-order valence-corrected chi connectivity index (χ4v) is 4.20. The molecule has 0 bridgehead atoms. The van der Waals surface area contributed by atoms with Crippen molar-refractivity contribution in [3.63, 3.8) is 0 Å². The zero-order valence-electron chi connectivity index (χ0n) is 12.9. The summed E-state index contributed by atoms with van der Waals surface area (Å²) in [6.07, 6.45) is 5.73. The molecule has 0 aliphatic heterocycles. The van der Waals surface area contributed by atoms with Gasteiger partial charge in [-0.25, -0.2) is 13.1 Å². The van der Waals surface area contributed by atoms with Gasteiger partial charge >= 0.3 is 0 Å². The lowest BCUT2D eigenvalue weighted by molar-refractivity contribution is 0.424. The van der Waals surface area contributed by atoms with Crippen molar-refractivity contribution in [3.8, 4) is 0 Å². The van der Waals surface area contributed by atoms with Gasteiger partial charge in [-0.3, -0.25) is 0 Å². The third kappa shape index (κ3) is 4.45. The molecule has 1 aliphatic carbocycles. The molecule has 0 spiro atoms. The van der Waals surface area contributed by atoms with Crippen LogP contribution in [0.5, 0.6) is 0 Å². The highest BCUT2D eigenvalue weighted by Crippen LogP contribution is 2.28. The molecule has 2 N–H and O–H groups in total. The van der Waals surface area contributed by atoms with Gasteiger partial charge in [-0.15, -0.1) is 0 Å². The average Bonchev–Trinajstić information content (AvgIpc) is 2.99. The van der Waals surface area contributed by atoms with Crippen molar-refractivity contribution in [3.05, 3.63) is 24.3 Å². The molecule has 1 saturated carbocycles. The first kappa shape index (κ1) is 16.3. The van der Waals surface area contributed by atoms with Gasteiger partial charge in [0.05, 0.1) is 4.90 Å². The Bertz CT molecular complexity index is 534. The summed E-state index contributed by atoms with van der Waals surface area (Å²) in [4.78, 5) is 0.342. The van der Waals surface area contributed by atoms with Crippen molar-refractivity contribution < 1.29 is 8.42 Å². The van der Waals surface area contributed by atoms with Crippen LogP contribution in [-0.4, -0.2) is 21.0 Å². The molecule has 1 aliphatic rings. The molecule has 0 heterocycles. The molecule has 2 rings (SSSR count). The number of hydrogen-bond donors (Lipinski definition) is 2. The first-order chi connectivity index (χ1) is 10.0. The van der Waals surface area contributed by atoms with Gasteiger partial charge in [-0.1, -0.05) is 19.8 Å². The summed E-state index contributed by atoms with van der Waals surface area (Å²) in [7, 11) is -3.41. The largest absolute Gasteiger partial charge is 0.385 e. The van der Waals surface area contributed by atoms with Crippen molar-refractivity contribution in [1.82, 2.24) is 4.72 Å². The Morgan fingerprint density at radius 2 is 1.81 bits per heavy atom. The number of hydrogen-bond acceptors (Lipinski definition) is 3. The van der Waals surface area contributed by atoms with E-state index in [0.717, 1.165) is 31.5 Å². The SMILES string of the molecule is CCCNc1ccc(S(=O)(=O)NC(C)C2CCCC2)cc1. The summed E-state index contributed by atoms with van der Waals surface area (Å²) in [6, 6.07) is 6.99. The highest BCUT2D eigenvalue weighted by molar-refractivity contribution is 7.89. The molecule has 1 atom stereocenters. The van der Waals surface area contributed by atoms with Crippen LogP contribution in [0.15, 0.2) is 29.2 Å². The molecule has 0 aromatic heterocycles. The lowest BCUT2D eigenvalue weighted by Crippen LogP contribution is -2.37. The molecule has 118 valence electrons. The molecule has 0 saturated heterocycles. The van der Waals surface area contributed by atoms with E-state index < -0.39 is 10.0 Å². The van der Waals surface area contributed by atoms with Gasteiger partial charge in [0.2, 0.25) is 10.0 Å². The maximum absolute atomic E-state index is 12.4. The number of rotatable bonds is 7. The van der Waals surface area contributed by atoms with Crippen LogP contribution in [0.25, 0.3) is 0 Å². The molecular weight excluding hydrogens is 284 g/mol. The highest BCUT2D eigenvalue weighted by atomic mass is 32.2. The lowest BCUT2D eigenvalue weighted by Gasteiger charge is -2.20. The number of nitrogens with one attached hydrogen (secondary N) is 2. The standard InChI is InChI=1S/C16H26N2O2S/c1-3-12-17-15-8-10-16(11-9-15)21(19,20)18-13(2)14-6-4-5-7-14/h8-11,13-14,17-18H,3-7,12H2,1-2H3. The van der Waals surface area contributed by atoms with Crippen LogP contribution in [0.2, 0.25) is 0 Å². The zero-order chi connectivity index (χ0) is 15.3. The van der Waals surface area contributed by atoms with Crippen molar-refractivity contribution >= 4 is 15.7 Å².